The highest BCUT2D eigenvalue weighted by Crippen LogP contribution is 2.06. The molecule has 0 saturated carbocycles. The summed E-state index contributed by atoms with van der Waals surface area (Å²) in [5, 5.41) is 8.51. The van der Waals surface area contributed by atoms with Crippen molar-refractivity contribution >= 4 is 5.69 Å². The second kappa shape index (κ2) is 4.34. The second-order valence-electron chi connectivity index (χ2n) is 2.19. The van der Waals surface area contributed by atoms with Gasteiger partial charge in [-0.15, -0.1) is 0 Å². The van der Waals surface area contributed by atoms with Gasteiger partial charge in [-0.25, -0.2) is 5.43 Å². The van der Waals surface area contributed by atoms with Gasteiger partial charge in [0.15, 0.2) is 0 Å². The predicted octanol–water partition coefficient (Wildman–Crippen LogP) is 0.609. The van der Waals surface area contributed by atoms with Gasteiger partial charge < -0.3 is 5.43 Å². The molecule has 62 valence electrons. The van der Waals surface area contributed by atoms with Crippen molar-refractivity contribution in [3.63, 3.8) is 0 Å². The van der Waals surface area contributed by atoms with Crippen molar-refractivity contribution in [2.45, 2.75) is 0 Å². The maximum absolute atomic E-state index is 8.51. The van der Waals surface area contributed by atoms with Crippen LogP contribution in [0.3, 0.4) is 0 Å². The molecular formula is C8H10N4. The molecule has 1 aromatic rings. The third-order valence-corrected chi connectivity index (χ3v) is 1.35. The molecular weight excluding hydrogens is 152 g/mol. The average molecular weight is 162 g/mol. The van der Waals surface area contributed by atoms with Gasteiger partial charge in [0.05, 0.1) is 17.3 Å². The summed E-state index contributed by atoms with van der Waals surface area (Å²) < 4.78 is 0. The SMILES string of the molecule is CNNNc1ccc(C#N)cc1. The molecule has 1 aromatic carbocycles. The van der Waals surface area contributed by atoms with Crippen molar-refractivity contribution in [2.75, 3.05) is 12.5 Å². The van der Waals surface area contributed by atoms with E-state index in [2.05, 4.69) is 16.4 Å². The van der Waals surface area contributed by atoms with Gasteiger partial charge >= 0.3 is 0 Å². The Balaban J connectivity index is 2.60. The van der Waals surface area contributed by atoms with Crippen LogP contribution in [0.2, 0.25) is 0 Å². The van der Waals surface area contributed by atoms with Gasteiger partial charge in [0.25, 0.3) is 0 Å². The van der Waals surface area contributed by atoms with Gasteiger partial charge in [0.1, 0.15) is 0 Å². The Morgan fingerprint density at radius 3 is 2.42 bits per heavy atom. The van der Waals surface area contributed by atoms with Gasteiger partial charge in [-0.3, -0.25) is 0 Å². The summed E-state index contributed by atoms with van der Waals surface area (Å²) in [5.41, 5.74) is 9.88. The van der Waals surface area contributed by atoms with Crippen LogP contribution in [0.1, 0.15) is 5.56 Å². The first-order valence-corrected chi connectivity index (χ1v) is 3.54. The van der Waals surface area contributed by atoms with Crippen LogP contribution in [0.5, 0.6) is 0 Å². The zero-order chi connectivity index (χ0) is 8.81. The van der Waals surface area contributed by atoms with Crippen LogP contribution >= 0.6 is 0 Å². The number of nitrogens with one attached hydrogen (secondary N) is 3. The highest BCUT2D eigenvalue weighted by Gasteiger charge is 1.90. The molecule has 0 amide bonds. The Morgan fingerprint density at radius 2 is 1.92 bits per heavy atom. The van der Waals surface area contributed by atoms with E-state index >= 15 is 0 Å². The van der Waals surface area contributed by atoms with Gasteiger partial charge in [-0.05, 0) is 24.3 Å². The van der Waals surface area contributed by atoms with Gasteiger partial charge in [-0.1, -0.05) is 0 Å². The minimum absolute atomic E-state index is 0.657. The number of benzene rings is 1. The number of hydrogen-bond acceptors (Lipinski definition) is 4. The lowest BCUT2D eigenvalue weighted by molar-refractivity contribution is 0.679. The van der Waals surface area contributed by atoms with E-state index in [0.717, 1.165) is 5.69 Å². The van der Waals surface area contributed by atoms with Crippen LogP contribution in [0.4, 0.5) is 5.69 Å². The van der Waals surface area contributed by atoms with Crippen molar-refractivity contribution in [1.29, 1.82) is 5.26 Å². The Morgan fingerprint density at radius 1 is 1.25 bits per heavy atom. The van der Waals surface area contributed by atoms with E-state index < -0.39 is 0 Å². The maximum Gasteiger partial charge on any atom is 0.0991 e. The molecule has 3 N–H and O–H groups in total. The number of nitriles is 1. The normalized spacial score (nSPS) is 9.00. The van der Waals surface area contributed by atoms with Gasteiger partial charge in [-0.2, -0.15) is 10.8 Å². The molecule has 0 fully saturated rings. The Bertz CT molecular complexity index is 272. The number of rotatable bonds is 3. The molecule has 0 atom stereocenters. The first kappa shape index (κ1) is 8.53. The molecule has 0 aromatic heterocycles. The highest BCUT2D eigenvalue weighted by molar-refractivity contribution is 5.46. The van der Waals surface area contributed by atoms with Crippen LogP contribution in [0.25, 0.3) is 0 Å². The van der Waals surface area contributed by atoms with Crippen molar-refractivity contribution in [3.05, 3.63) is 29.8 Å². The first-order valence-electron chi connectivity index (χ1n) is 3.54. The van der Waals surface area contributed by atoms with Crippen LogP contribution in [0.15, 0.2) is 24.3 Å². The van der Waals surface area contributed by atoms with E-state index in [4.69, 9.17) is 5.26 Å². The van der Waals surface area contributed by atoms with Crippen molar-refractivity contribution < 1.29 is 0 Å². The lowest BCUT2D eigenvalue weighted by Crippen LogP contribution is -2.33. The Labute approximate surface area is 71.1 Å². The van der Waals surface area contributed by atoms with Crippen LogP contribution < -0.4 is 16.4 Å². The summed E-state index contributed by atoms with van der Waals surface area (Å²) in [5.74, 6) is 0. The maximum atomic E-state index is 8.51. The molecule has 0 aliphatic carbocycles. The second-order valence-corrected chi connectivity index (χ2v) is 2.19. The summed E-state index contributed by atoms with van der Waals surface area (Å²) >= 11 is 0. The molecule has 1 rings (SSSR count). The van der Waals surface area contributed by atoms with E-state index in [9.17, 15) is 0 Å². The largest absolute Gasteiger partial charge is 0.308 e. The molecule has 4 nitrogen and oxygen atoms in total. The molecule has 0 radical (unpaired) electrons. The third-order valence-electron chi connectivity index (χ3n) is 1.35. The average Bonchev–Trinajstić information content (AvgIpc) is 2.15. The summed E-state index contributed by atoms with van der Waals surface area (Å²) in [6.07, 6.45) is 0. The summed E-state index contributed by atoms with van der Waals surface area (Å²) in [6, 6.07) is 9.19. The summed E-state index contributed by atoms with van der Waals surface area (Å²) in [6.45, 7) is 0. The minimum atomic E-state index is 0.657. The van der Waals surface area contributed by atoms with Gasteiger partial charge in [0, 0.05) is 7.05 Å². The molecule has 0 saturated heterocycles. The van der Waals surface area contributed by atoms with Crippen molar-refractivity contribution in [1.82, 2.24) is 11.0 Å². The smallest absolute Gasteiger partial charge is 0.0991 e. The number of hydrogen-bond donors (Lipinski definition) is 3. The van der Waals surface area contributed by atoms with E-state index in [1.54, 1.807) is 19.2 Å². The standard InChI is InChI=1S/C8H10N4/c1-10-12-11-8-4-2-7(6-9)3-5-8/h2-5,10-12H,1H3. The monoisotopic (exact) mass is 162 g/mol. The Hall–Kier alpha value is -1.57. The number of nitrogens with zero attached hydrogens (tertiary/aromatic N) is 1. The van der Waals surface area contributed by atoms with Gasteiger partial charge in [0.2, 0.25) is 0 Å². The quantitative estimate of drug-likeness (QED) is 0.570. The molecule has 0 bridgehead atoms. The van der Waals surface area contributed by atoms with E-state index in [1.165, 1.54) is 0 Å². The van der Waals surface area contributed by atoms with Crippen molar-refractivity contribution in [3.8, 4) is 6.07 Å². The fourth-order valence-electron chi connectivity index (χ4n) is 0.763. The van der Waals surface area contributed by atoms with Crippen molar-refractivity contribution in [2.24, 2.45) is 0 Å². The fourth-order valence-corrected chi connectivity index (χ4v) is 0.763. The topological polar surface area (TPSA) is 59.9 Å². The molecule has 4 heteroatoms. The molecule has 0 aliphatic heterocycles. The minimum Gasteiger partial charge on any atom is -0.308 e. The lowest BCUT2D eigenvalue weighted by Gasteiger charge is -2.05. The zero-order valence-corrected chi connectivity index (χ0v) is 6.76. The predicted molar refractivity (Wildman–Crippen MR) is 47.0 cm³/mol. The zero-order valence-electron chi connectivity index (χ0n) is 6.76. The highest BCUT2D eigenvalue weighted by atomic mass is 15.6. The Kier molecular flexibility index (Phi) is 3.08. The molecule has 0 unspecified atom stereocenters. The number of hydrazine groups is 2. The molecule has 0 spiro atoms. The molecule has 0 heterocycles. The fraction of sp³-hybridized carbons (Fsp3) is 0.125. The van der Waals surface area contributed by atoms with Crippen LogP contribution in [-0.2, 0) is 0 Å². The number of anilines is 1. The third kappa shape index (κ3) is 2.23. The van der Waals surface area contributed by atoms with E-state index in [0.29, 0.717) is 5.56 Å². The lowest BCUT2D eigenvalue weighted by atomic mass is 10.2. The van der Waals surface area contributed by atoms with E-state index in [-0.39, 0.29) is 0 Å². The first-order chi connectivity index (χ1) is 5.86. The molecule has 12 heavy (non-hydrogen) atoms. The van der Waals surface area contributed by atoms with Crippen LogP contribution in [0, 0.1) is 11.3 Å². The summed E-state index contributed by atoms with van der Waals surface area (Å²) in [4.78, 5) is 0. The van der Waals surface area contributed by atoms with Crippen LogP contribution in [-0.4, -0.2) is 7.05 Å². The molecule has 0 aliphatic rings. The van der Waals surface area contributed by atoms with E-state index in [1.807, 2.05) is 18.2 Å². The summed E-state index contributed by atoms with van der Waals surface area (Å²) in [7, 11) is 1.76.